The summed E-state index contributed by atoms with van der Waals surface area (Å²) in [4.78, 5) is 11.5. The molecule has 0 unspecified atom stereocenters. The zero-order chi connectivity index (χ0) is 20.1. The van der Waals surface area contributed by atoms with Crippen molar-refractivity contribution in [3.05, 3.63) is 18.2 Å². The van der Waals surface area contributed by atoms with Crippen LogP contribution >= 0.6 is 0 Å². The second-order valence-corrected chi connectivity index (χ2v) is 10.9. The monoisotopic (exact) mass is 406 g/mol. The van der Waals surface area contributed by atoms with Crippen LogP contribution in [0.4, 0.5) is 5.69 Å². The second-order valence-electron chi connectivity index (χ2n) is 9.17. The second kappa shape index (κ2) is 7.02. The topological polar surface area (TPSA) is 84.5 Å². The Morgan fingerprint density at radius 2 is 1.71 bits per heavy atom. The van der Waals surface area contributed by atoms with Gasteiger partial charge in [-0.05, 0) is 80.8 Å². The molecule has 4 bridgehead atoms. The number of carbonyl (C=O) groups excluding carboxylic acids is 1. The van der Waals surface area contributed by atoms with Crippen LogP contribution in [-0.2, 0) is 14.8 Å². The summed E-state index contributed by atoms with van der Waals surface area (Å²) >= 11 is 0. The van der Waals surface area contributed by atoms with E-state index in [-0.39, 0.29) is 22.3 Å². The van der Waals surface area contributed by atoms with Gasteiger partial charge in [0, 0.05) is 19.0 Å². The van der Waals surface area contributed by atoms with Gasteiger partial charge < -0.3 is 10.1 Å². The van der Waals surface area contributed by atoms with E-state index in [9.17, 15) is 13.2 Å². The van der Waals surface area contributed by atoms with Crippen LogP contribution in [0, 0.1) is 23.2 Å². The molecule has 4 fully saturated rings. The molecule has 0 saturated heterocycles. The lowest BCUT2D eigenvalue weighted by molar-refractivity contribution is -0.114. The Morgan fingerprint density at radius 3 is 2.21 bits per heavy atom. The number of amides is 1. The number of hydrogen-bond donors (Lipinski definition) is 2. The maximum Gasteiger partial charge on any atom is 0.240 e. The average molecular weight is 407 g/mol. The fraction of sp³-hybridized carbons (Fsp3) is 0.667. The smallest absolute Gasteiger partial charge is 0.240 e. The van der Waals surface area contributed by atoms with Gasteiger partial charge in [-0.15, -0.1) is 0 Å². The van der Waals surface area contributed by atoms with E-state index in [1.54, 1.807) is 6.07 Å². The van der Waals surface area contributed by atoms with Crippen LogP contribution in [-0.4, -0.2) is 27.5 Å². The molecule has 4 aliphatic rings. The van der Waals surface area contributed by atoms with Crippen molar-refractivity contribution in [2.75, 3.05) is 12.4 Å². The number of benzene rings is 1. The lowest BCUT2D eigenvalue weighted by atomic mass is 9.48. The number of hydrogen-bond acceptors (Lipinski definition) is 4. The third-order valence-corrected chi connectivity index (χ3v) is 8.67. The van der Waals surface area contributed by atoms with Crippen LogP contribution in [0.25, 0.3) is 0 Å². The summed E-state index contributed by atoms with van der Waals surface area (Å²) in [6.45, 7) is 3.44. The van der Waals surface area contributed by atoms with Gasteiger partial charge in [-0.25, -0.2) is 13.1 Å². The van der Waals surface area contributed by atoms with E-state index in [1.165, 1.54) is 45.4 Å². The first-order valence-electron chi connectivity index (χ1n) is 10.2. The molecule has 0 heterocycles. The Bertz CT molecular complexity index is 845. The van der Waals surface area contributed by atoms with Gasteiger partial charge >= 0.3 is 0 Å². The maximum atomic E-state index is 13.1. The minimum atomic E-state index is -3.67. The molecule has 0 radical (unpaired) electrons. The Morgan fingerprint density at radius 1 is 1.14 bits per heavy atom. The van der Waals surface area contributed by atoms with Crippen molar-refractivity contribution >= 4 is 21.6 Å². The molecular weight excluding hydrogens is 376 g/mol. The van der Waals surface area contributed by atoms with Gasteiger partial charge in [-0.1, -0.05) is 0 Å². The first-order chi connectivity index (χ1) is 13.2. The van der Waals surface area contributed by atoms with Crippen molar-refractivity contribution in [2.24, 2.45) is 23.2 Å². The molecule has 154 valence electrons. The van der Waals surface area contributed by atoms with Gasteiger partial charge in [0.25, 0.3) is 0 Å². The van der Waals surface area contributed by atoms with Gasteiger partial charge in [0.2, 0.25) is 15.9 Å². The molecular formula is C21H30N2O4S. The summed E-state index contributed by atoms with van der Waals surface area (Å²) < 4.78 is 34.4. The number of rotatable bonds is 6. The maximum absolute atomic E-state index is 13.1. The highest BCUT2D eigenvalue weighted by Gasteiger charge is 2.53. The Hall–Kier alpha value is -1.60. The Balaban J connectivity index is 1.55. The molecule has 1 amide bonds. The molecule has 1 aromatic carbocycles. The molecule has 1 atom stereocenters. The number of ether oxygens (including phenoxy) is 1. The fourth-order valence-corrected chi connectivity index (χ4v) is 7.63. The summed E-state index contributed by atoms with van der Waals surface area (Å²) in [6.07, 6.45) is 7.44. The number of nitrogens with one attached hydrogen (secondary N) is 2. The summed E-state index contributed by atoms with van der Waals surface area (Å²) in [5, 5.41) is 2.65. The van der Waals surface area contributed by atoms with Gasteiger partial charge in [0.15, 0.2) is 0 Å². The number of carbonyl (C=O) groups is 1. The quantitative estimate of drug-likeness (QED) is 0.757. The van der Waals surface area contributed by atoms with E-state index in [2.05, 4.69) is 10.0 Å². The standard InChI is InChI=1S/C21H30N2O4S/c1-13(21-10-15-6-16(11-21)8-17(7-15)12-21)23-28(25,26)18-4-5-19(22-14(2)24)20(9-18)27-3/h4-5,9,13,15-17,23H,6-8,10-12H2,1-3H3,(H,22,24)/t13-,15?,16?,17?,21?/m0/s1. The molecule has 1 aromatic rings. The molecule has 7 heteroatoms. The van der Waals surface area contributed by atoms with Crippen molar-refractivity contribution < 1.29 is 17.9 Å². The molecule has 0 aliphatic heterocycles. The predicted octanol–water partition coefficient (Wildman–Crippen LogP) is 3.54. The summed E-state index contributed by atoms with van der Waals surface area (Å²) in [5.74, 6) is 2.42. The lowest BCUT2D eigenvalue weighted by Crippen LogP contribution is -2.55. The van der Waals surface area contributed by atoms with Gasteiger partial charge in [0.05, 0.1) is 17.7 Å². The summed E-state index contributed by atoms with van der Waals surface area (Å²) in [7, 11) is -2.21. The van der Waals surface area contributed by atoms with Crippen LogP contribution in [0.3, 0.4) is 0 Å². The summed E-state index contributed by atoms with van der Waals surface area (Å²) in [5.41, 5.74) is 0.560. The van der Waals surface area contributed by atoms with Crippen molar-refractivity contribution in [2.45, 2.75) is 63.3 Å². The zero-order valence-corrected chi connectivity index (χ0v) is 17.6. The third kappa shape index (κ3) is 3.54. The lowest BCUT2D eigenvalue weighted by Gasteiger charge is -2.59. The van der Waals surface area contributed by atoms with Crippen molar-refractivity contribution in [3.63, 3.8) is 0 Å². The highest BCUT2D eigenvalue weighted by atomic mass is 32.2. The van der Waals surface area contributed by atoms with Crippen LogP contribution in [0.5, 0.6) is 5.75 Å². The fourth-order valence-electron chi connectivity index (χ4n) is 6.27. The Labute approximate surface area is 167 Å². The largest absolute Gasteiger partial charge is 0.495 e. The average Bonchev–Trinajstić information content (AvgIpc) is 2.60. The minimum Gasteiger partial charge on any atom is -0.495 e. The molecule has 0 spiro atoms. The molecule has 2 N–H and O–H groups in total. The highest BCUT2D eigenvalue weighted by molar-refractivity contribution is 7.89. The van der Waals surface area contributed by atoms with E-state index < -0.39 is 10.0 Å². The molecule has 4 saturated carbocycles. The highest BCUT2D eigenvalue weighted by Crippen LogP contribution is 2.61. The summed E-state index contributed by atoms with van der Waals surface area (Å²) in [6, 6.07) is 4.47. The van der Waals surface area contributed by atoms with Crippen LogP contribution < -0.4 is 14.8 Å². The van der Waals surface area contributed by atoms with E-state index >= 15 is 0 Å². The van der Waals surface area contributed by atoms with E-state index in [4.69, 9.17) is 4.74 Å². The normalized spacial score (nSPS) is 32.2. The van der Waals surface area contributed by atoms with Crippen LogP contribution in [0.15, 0.2) is 23.1 Å². The third-order valence-electron chi connectivity index (χ3n) is 7.13. The first kappa shape index (κ1) is 19.7. The van der Waals surface area contributed by atoms with Gasteiger partial charge in [-0.3, -0.25) is 4.79 Å². The van der Waals surface area contributed by atoms with E-state index in [1.807, 2.05) is 6.92 Å². The first-order valence-corrected chi connectivity index (χ1v) is 11.7. The number of anilines is 1. The van der Waals surface area contributed by atoms with Gasteiger partial charge in [-0.2, -0.15) is 0 Å². The van der Waals surface area contributed by atoms with Crippen LogP contribution in [0.2, 0.25) is 0 Å². The van der Waals surface area contributed by atoms with E-state index in [0.29, 0.717) is 11.4 Å². The van der Waals surface area contributed by atoms with Crippen molar-refractivity contribution in [1.82, 2.24) is 4.72 Å². The molecule has 0 aromatic heterocycles. The Kier molecular flexibility index (Phi) is 4.94. The van der Waals surface area contributed by atoms with Crippen molar-refractivity contribution in [3.8, 4) is 5.75 Å². The predicted molar refractivity (Wildman–Crippen MR) is 108 cm³/mol. The van der Waals surface area contributed by atoms with E-state index in [0.717, 1.165) is 37.0 Å². The zero-order valence-electron chi connectivity index (χ0n) is 16.8. The number of methoxy groups -OCH3 is 1. The molecule has 28 heavy (non-hydrogen) atoms. The molecule has 4 aliphatic carbocycles. The SMILES string of the molecule is COc1cc(S(=O)(=O)N[C@@H](C)C23CC4CC(CC(C4)C2)C3)ccc1NC(C)=O. The van der Waals surface area contributed by atoms with Crippen molar-refractivity contribution in [1.29, 1.82) is 0 Å². The molecule has 6 nitrogen and oxygen atoms in total. The minimum absolute atomic E-state index is 0.0908. The number of sulfonamides is 1. The van der Waals surface area contributed by atoms with Gasteiger partial charge in [0.1, 0.15) is 5.75 Å². The van der Waals surface area contributed by atoms with Crippen LogP contribution in [0.1, 0.15) is 52.4 Å². The molecule has 5 rings (SSSR count).